The Morgan fingerprint density at radius 1 is 1.19 bits per heavy atom. The van der Waals surface area contributed by atoms with Crippen LogP contribution >= 0.6 is 11.3 Å². The van der Waals surface area contributed by atoms with Gasteiger partial charge in [-0.25, -0.2) is 0 Å². The van der Waals surface area contributed by atoms with Crippen molar-refractivity contribution in [2.75, 3.05) is 5.32 Å². The molecule has 6 heteroatoms. The summed E-state index contributed by atoms with van der Waals surface area (Å²) in [6.45, 7) is 8.46. The molecule has 1 amide bonds. The first-order valence-electron chi connectivity index (χ1n) is 9.11. The van der Waals surface area contributed by atoms with Gasteiger partial charge in [0.15, 0.2) is 6.10 Å². The fourth-order valence-corrected chi connectivity index (χ4v) is 3.97. The summed E-state index contributed by atoms with van der Waals surface area (Å²) >= 11 is 1.19. The number of hydrogen-bond donors (Lipinski definition) is 1. The Kier molecular flexibility index (Phi) is 5.65. The van der Waals surface area contributed by atoms with Crippen molar-refractivity contribution in [2.24, 2.45) is 0 Å². The van der Waals surface area contributed by atoms with E-state index in [4.69, 9.17) is 4.74 Å². The van der Waals surface area contributed by atoms with Gasteiger partial charge in [-0.15, -0.1) is 0 Å². The third kappa shape index (κ3) is 4.06. The van der Waals surface area contributed by atoms with E-state index in [1.165, 1.54) is 11.3 Å². The number of benzene rings is 2. The quantitative estimate of drug-likeness (QED) is 0.681. The molecule has 1 atom stereocenters. The van der Waals surface area contributed by atoms with E-state index in [0.29, 0.717) is 18.7 Å². The highest BCUT2D eigenvalue weighted by atomic mass is 32.1. The third-order valence-electron chi connectivity index (χ3n) is 4.53. The molecule has 1 N–H and O–H groups in total. The smallest absolute Gasteiger partial charge is 0.308 e. The number of amides is 1. The molecule has 0 fully saturated rings. The van der Waals surface area contributed by atoms with Crippen molar-refractivity contribution in [1.29, 1.82) is 0 Å². The van der Waals surface area contributed by atoms with Gasteiger partial charge in [-0.1, -0.05) is 30.4 Å². The lowest BCUT2D eigenvalue weighted by atomic mass is 10.1. The van der Waals surface area contributed by atoms with Crippen molar-refractivity contribution in [3.63, 3.8) is 0 Å². The van der Waals surface area contributed by atoms with Gasteiger partial charge >= 0.3 is 4.87 Å². The van der Waals surface area contributed by atoms with Gasteiger partial charge in [0.2, 0.25) is 0 Å². The van der Waals surface area contributed by atoms with Crippen LogP contribution in [0.3, 0.4) is 0 Å². The van der Waals surface area contributed by atoms with Crippen LogP contribution in [0.1, 0.15) is 31.4 Å². The molecule has 3 rings (SSSR count). The number of hydrogen-bond acceptors (Lipinski definition) is 4. The molecule has 1 heterocycles. The van der Waals surface area contributed by atoms with Crippen LogP contribution in [0.2, 0.25) is 0 Å². The summed E-state index contributed by atoms with van der Waals surface area (Å²) < 4.78 is 8.56. The number of aromatic nitrogens is 1. The Hall–Kier alpha value is -2.60. The van der Waals surface area contributed by atoms with Gasteiger partial charge in [0, 0.05) is 12.2 Å². The maximum absolute atomic E-state index is 12.7. The van der Waals surface area contributed by atoms with Crippen LogP contribution in [0.25, 0.3) is 10.2 Å². The molecule has 0 radical (unpaired) electrons. The minimum atomic E-state index is -0.583. The van der Waals surface area contributed by atoms with Gasteiger partial charge < -0.3 is 10.1 Å². The summed E-state index contributed by atoms with van der Waals surface area (Å²) in [6, 6.07) is 11.5. The van der Waals surface area contributed by atoms with Crippen LogP contribution in [-0.4, -0.2) is 16.6 Å². The number of anilines is 1. The van der Waals surface area contributed by atoms with Crippen LogP contribution in [0.15, 0.2) is 41.2 Å². The summed E-state index contributed by atoms with van der Waals surface area (Å²) in [5.41, 5.74) is 3.65. The Bertz CT molecular complexity index is 1040. The molecule has 27 heavy (non-hydrogen) atoms. The van der Waals surface area contributed by atoms with Gasteiger partial charge in [-0.3, -0.25) is 14.2 Å². The fraction of sp³-hybridized carbons (Fsp3) is 0.333. The molecule has 1 unspecified atom stereocenters. The average molecular weight is 385 g/mol. The van der Waals surface area contributed by atoms with Gasteiger partial charge in [-0.2, -0.15) is 0 Å². The molecule has 0 spiro atoms. The first-order chi connectivity index (χ1) is 12.9. The molecule has 0 aliphatic rings. The minimum Gasteiger partial charge on any atom is -0.480 e. The monoisotopic (exact) mass is 384 g/mol. The van der Waals surface area contributed by atoms with Crippen molar-refractivity contribution < 1.29 is 9.53 Å². The summed E-state index contributed by atoms with van der Waals surface area (Å²) in [4.78, 5) is 24.7. The van der Waals surface area contributed by atoms with Crippen molar-refractivity contribution in [1.82, 2.24) is 4.57 Å². The highest BCUT2D eigenvalue weighted by molar-refractivity contribution is 7.16. The van der Waals surface area contributed by atoms with Crippen molar-refractivity contribution in [3.8, 4) is 5.75 Å². The zero-order valence-electron chi connectivity index (χ0n) is 16.0. The summed E-state index contributed by atoms with van der Waals surface area (Å²) in [7, 11) is 0. The second-order valence-electron chi connectivity index (χ2n) is 6.57. The lowest BCUT2D eigenvalue weighted by molar-refractivity contribution is -0.122. The van der Waals surface area contributed by atoms with E-state index >= 15 is 0 Å². The standard InChI is InChI=1S/C21H24N2O3S/c1-5-17(26-18-11-13(3)7-8-14(18)4)20(24)22-15-9-10-16-19(12-15)27-21(25)23(16)6-2/h7-12,17H,5-6H2,1-4H3,(H,22,24). The number of carbonyl (C=O) groups excluding carboxylic acids is 1. The molecule has 0 saturated heterocycles. The molecular weight excluding hydrogens is 360 g/mol. The fourth-order valence-electron chi connectivity index (χ4n) is 2.98. The summed E-state index contributed by atoms with van der Waals surface area (Å²) in [5.74, 6) is 0.533. The van der Waals surface area contributed by atoms with E-state index in [2.05, 4.69) is 5.32 Å². The maximum Gasteiger partial charge on any atom is 0.308 e. The molecule has 0 saturated carbocycles. The molecule has 2 aromatic carbocycles. The molecule has 1 aromatic heterocycles. The topological polar surface area (TPSA) is 60.3 Å². The first-order valence-corrected chi connectivity index (χ1v) is 9.92. The predicted molar refractivity (Wildman–Crippen MR) is 111 cm³/mol. The lowest BCUT2D eigenvalue weighted by Crippen LogP contribution is -2.32. The van der Waals surface area contributed by atoms with Gasteiger partial charge in [0.25, 0.3) is 5.91 Å². The van der Waals surface area contributed by atoms with E-state index in [-0.39, 0.29) is 10.8 Å². The van der Waals surface area contributed by atoms with Crippen LogP contribution in [-0.2, 0) is 11.3 Å². The second kappa shape index (κ2) is 7.96. The molecule has 0 aliphatic carbocycles. The zero-order valence-corrected chi connectivity index (χ0v) is 16.9. The zero-order chi connectivity index (χ0) is 19.6. The molecule has 0 bridgehead atoms. The van der Waals surface area contributed by atoms with Crippen LogP contribution in [0.4, 0.5) is 5.69 Å². The highest BCUT2D eigenvalue weighted by Gasteiger charge is 2.20. The number of aryl methyl sites for hydroxylation is 3. The van der Waals surface area contributed by atoms with Gasteiger partial charge in [-0.05, 0) is 62.6 Å². The van der Waals surface area contributed by atoms with E-state index < -0.39 is 6.10 Å². The number of carbonyl (C=O) groups is 1. The number of fused-ring (bicyclic) bond motifs is 1. The van der Waals surface area contributed by atoms with E-state index in [0.717, 1.165) is 27.1 Å². The van der Waals surface area contributed by atoms with Gasteiger partial charge in [0.1, 0.15) is 5.75 Å². The maximum atomic E-state index is 12.7. The Morgan fingerprint density at radius 2 is 1.96 bits per heavy atom. The van der Waals surface area contributed by atoms with Crippen molar-refractivity contribution >= 4 is 33.1 Å². The molecule has 142 valence electrons. The number of ether oxygens (including phenoxy) is 1. The largest absolute Gasteiger partial charge is 0.480 e. The first kappa shape index (κ1) is 19.2. The molecular formula is C21H24N2O3S. The minimum absolute atomic E-state index is 0.0145. The number of rotatable bonds is 6. The predicted octanol–water partition coefficient (Wildman–Crippen LogP) is 4.50. The summed E-state index contributed by atoms with van der Waals surface area (Å²) in [5, 5.41) is 2.92. The lowest BCUT2D eigenvalue weighted by Gasteiger charge is -2.19. The van der Waals surface area contributed by atoms with E-state index in [1.54, 1.807) is 4.57 Å². The highest BCUT2D eigenvalue weighted by Crippen LogP contribution is 2.24. The average Bonchev–Trinajstić information content (AvgIpc) is 2.96. The van der Waals surface area contributed by atoms with Gasteiger partial charge in [0.05, 0.1) is 10.2 Å². The summed E-state index contributed by atoms with van der Waals surface area (Å²) in [6.07, 6.45) is -0.0266. The number of thiazole rings is 1. The van der Waals surface area contributed by atoms with Crippen LogP contribution in [0, 0.1) is 13.8 Å². The Morgan fingerprint density at radius 3 is 2.67 bits per heavy atom. The van der Waals surface area contributed by atoms with E-state index in [1.807, 2.05) is 64.1 Å². The molecule has 5 nitrogen and oxygen atoms in total. The SMILES string of the molecule is CCC(Oc1cc(C)ccc1C)C(=O)Nc1ccc2c(c1)sc(=O)n2CC. The molecule has 3 aromatic rings. The van der Waals surface area contributed by atoms with Crippen molar-refractivity contribution in [3.05, 3.63) is 57.2 Å². The van der Waals surface area contributed by atoms with E-state index in [9.17, 15) is 9.59 Å². The number of nitrogens with zero attached hydrogens (tertiary/aromatic N) is 1. The number of nitrogens with one attached hydrogen (secondary N) is 1. The third-order valence-corrected chi connectivity index (χ3v) is 5.47. The normalized spacial score (nSPS) is 12.1. The Balaban J connectivity index is 1.79. The Labute approximate surface area is 162 Å². The van der Waals surface area contributed by atoms with Crippen LogP contribution in [0.5, 0.6) is 5.75 Å². The second-order valence-corrected chi connectivity index (χ2v) is 7.56. The van der Waals surface area contributed by atoms with Crippen molar-refractivity contribution in [2.45, 2.75) is 46.8 Å². The molecule has 0 aliphatic heterocycles. The van der Waals surface area contributed by atoms with Crippen LogP contribution < -0.4 is 14.9 Å².